The monoisotopic (exact) mass is 391 g/mol. The van der Waals surface area contributed by atoms with Crippen LogP contribution >= 0.6 is 0 Å². The van der Waals surface area contributed by atoms with Crippen molar-refractivity contribution in [3.63, 3.8) is 0 Å². The molecule has 0 saturated heterocycles. The number of pyridine rings is 1. The first kappa shape index (κ1) is 20.0. The minimum atomic E-state index is -0.897. The van der Waals surface area contributed by atoms with Crippen molar-refractivity contribution in [3.05, 3.63) is 66.4 Å². The second-order valence-electron chi connectivity index (χ2n) is 6.32. The van der Waals surface area contributed by atoms with Crippen molar-refractivity contribution < 1.29 is 19.1 Å². The van der Waals surface area contributed by atoms with Crippen LogP contribution in [0.3, 0.4) is 0 Å². The molecule has 7 heteroatoms. The summed E-state index contributed by atoms with van der Waals surface area (Å²) < 4.78 is 5.20. The van der Waals surface area contributed by atoms with Gasteiger partial charge < -0.3 is 15.4 Å². The van der Waals surface area contributed by atoms with Gasteiger partial charge in [0.1, 0.15) is 0 Å². The molecule has 1 aromatic heterocycles. The van der Waals surface area contributed by atoms with Gasteiger partial charge in [0.25, 0.3) is 0 Å². The molecule has 0 radical (unpaired) electrons. The lowest BCUT2D eigenvalue weighted by molar-refractivity contribution is -0.132. The Bertz CT molecular complexity index is 1040. The molecule has 0 saturated carbocycles. The van der Waals surface area contributed by atoms with E-state index in [9.17, 15) is 14.4 Å². The van der Waals surface area contributed by atoms with Gasteiger partial charge in [0.2, 0.25) is 0 Å². The van der Waals surface area contributed by atoms with Crippen LogP contribution in [0.5, 0.6) is 0 Å². The molecule has 0 aliphatic rings. The van der Waals surface area contributed by atoms with Crippen LogP contribution in [0.1, 0.15) is 30.1 Å². The van der Waals surface area contributed by atoms with E-state index in [1.807, 2.05) is 19.1 Å². The maximum absolute atomic E-state index is 12.4. The predicted octanol–water partition coefficient (Wildman–Crippen LogP) is 3.77. The number of aromatic nitrogens is 1. The molecular formula is C22H21N3O4. The lowest BCUT2D eigenvalue weighted by Crippen LogP contribution is -2.30. The number of hydrogen-bond donors (Lipinski definition) is 2. The van der Waals surface area contributed by atoms with Gasteiger partial charge in [-0.25, -0.2) is 4.79 Å². The summed E-state index contributed by atoms with van der Waals surface area (Å²) in [6.45, 7) is 2.29. The summed E-state index contributed by atoms with van der Waals surface area (Å²) >= 11 is 0. The van der Waals surface area contributed by atoms with E-state index in [-0.39, 0.29) is 11.3 Å². The van der Waals surface area contributed by atoms with E-state index >= 15 is 0 Å². The molecule has 1 heterocycles. The molecule has 2 amide bonds. The van der Waals surface area contributed by atoms with Crippen molar-refractivity contribution in [2.24, 2.45) is 0 Å². The van der Waals surface area contributed by atoms with E-state index in [1.165, 1.54) is 6.07 Å². The zero-order valence-electron chi connectivity index (χ0n) is 16.0. The average molecular weight is 391 g/mol. The third kappa shape index (κ3) is 4.95. The summed E-state index contributed by atoms with van der Waals surface area (Å²) in [5.74, 6) is -2.31. The number of hydrogen-bond acceptors (Lipinski definition) is 5. The highest BCUT2D eigenvalue weighted by Crippen LogP contribution is 2.21. The number of anilines is 2. The second kappa shape index (κ2) is 9.45. The number of ether oxygens (including phenoxy) is 1. The smallest absolute Gasteiger partial charge is 0.340 e. The number of nitrogens with zero attached hydrogens (tertiary/aromatic N) is 1. The number of carbonyl (C=O) groups excluding carboxylic acids is 3. The summed E-state index contributed by atoms with van der Waals surface area (Å²) in [5.41, 5.74) is 1.41. The fraction of sp³-hybridized carbons (Fsp3) is 0.182. The Morgan fingerprint density at radius 2 is 1.59 bits per heavy atom. The van der Waals surface area contributed by atoms with Crippen LogP contribution in [0.2, 0.25) is 0 Å². The predicted molar refractivity (Wildman–Crippen MR) is 111 cm³/mol. The maximum atomic E-state index is 12.4. The molecule has 0 atom stereocenters. The molecule has 148 valence electrons. The second-order valence-corrected chi connectivity index (χ2v) is 6.32. The van der Waals surface area contributed by atoms with Crippen LogP contribution in [0.25, 0.3) is 10.9 Å². The third-order valence-electron chi connectivity index (χ3n) is 4.21. The molecule has 2 aromatic carbocycles. The number of esters is 1. The molecule has 29 heavy (non-hydrogen) atoms. The first-order valence-corrected chi connectivity index (χ1v) is 9.32. The van der Waals surface area contributed by atoms with Crippen molar-refractivity contribution in [3.8, 4) is 0 Å². The zero-order valence-corrected chi connectivity index (χ0v) is 16.0. The largest absolute Gasteiger partial charge is 0.462 e. The van der Waals surface area contributed by atoms with Crippen LogP contribution in [0.15, 0.2) is 60.8 Å². The normalized spacial score (nSPS) is 10.4. The number of unbranched alkanes of at least 4 members (excludes halogenated alkanes) is 1. The fourth-order valence-electron chi connectivity index (χ4n) is 2.72. The molecule has 0 fully saturated rings. The van der Waals surface area contributed by atoms with E-state index in [0.29, 0.717) is 17.8 Å². The van der Waals surface area contributed by atoms with Gasteiger partial charge in [-0.1, -0.05) is 43.7 Å². The standard InChI is InChI=1S/C22H21N3O4/c1-2-3-14-29-22(28)16-10-4-5-11-17(16)24-20(26)21(27)25-18-12-6-8-15-9-7-13-23-19(15)18/h4-13H,2-3,14H2,1H3,(H,24,26)(H,25,27). The van der Waals surface area contributed by atoms with Gasteiger partial charge in [0.05, 0.1) is 29.1 Å². The van der Waals surface area contributed by atoms with Crippen LogP contribution in [0, 0.1) is 0 Å². The van der Waals surface area contributed by atoms with Gasteiger partial charge in [0, 0.05) is 11.6 Å². The highest BCUT2D eigenvalue weighted by atomic mass is 16.5. The van der Waals surface area contributed by atoms with Gasteiger partial charge in [0.15, 0.2) is 0 Å². The molecule has 0 bridgehead atoms. The van der Waals surface area contributed by atoms with Crippen molar-refractivity contribution in [1.29, 1.82) is 0 Å². The van der Waals surface area contributed by atoms with E-state index in [4.69, 9.17) is 4.74 Å². The van der Waals surface area contributed by atoms with Crippen LogP contribution < -0.4 is 10.6 Å². The number of benzene rings is 2. The minimum Gasteiger partial charge on any atom is -0.462 e. The maximum Gasteiger partial charge on any atom is 0.340 e. The van der Waals surface area contributed by atoms with Gasteiger partial charge in [-0.15, -0.1) is 0 Å². The Kier molecular flexibility index (Phi) is 6.52. The van der Waals surface area contributed by atoms with Crippen LogP contribution in [0.4, 0.5) is 11.4 Å². The molecule has 0 spiro atoms. The van der Waals surface area contributed by atoms with Gasteiger partial charge in [-0.2, -0.15) is 0 Å². The van der Waals surface area contributed by atoms with Crippen molar-refractivity contribution in [2.45, 2.75) is 19.8 Å². The first-order chi connectivity index (χ1) is 14.1. The van der Waals surface area contributed by atoms with Crippen LogP contribution in [-0.2, 0) is 14.3 Å². The molecular weight excluding hydrogens is 370 g/mol. The quantitative estimate of drug-likeness (QED) is 0.379. The first-order valence-electron chi connectivity index (χ1n) is 9.32. The van der Waals surface area contributed by atoms with E-state index in [1.54, 1.807) is 42.6 Å². The summed E-state index contributed by atoms with van der Waals surface area (Å²) in [5, 5.41) is 5.88. The summed E-state index contributed by atoms with van der Waals surface area (Å²) in [6.07, 6.45) is 3.26. The Hall–Kier alpha value is -3.74. The Morgan fingerprint density at radius 3 is 2.38 bits per heavy atom. The molecule has 3 aromatic rings. The fourth-order valence-corrected chi connectivity index (χ4v) is 2.72. The lowest BCUT2D eigenvalue weighted by Gasteiger charge is -2.11. The molecule has 3 rings (SSSR count). The number of nitrogens with one attached hydrogen (secondary N) is 2. The topological polar surface area (TPSA) is 97.4 Å². The number of amides is 2. The van der Waals surface area contributed by atoms with Crippen molar-refractivity contribution in [1.82, 2.24) is 4.98 Å². The highest BCUT2D eigenvalue weighted by Gasteiger charge is 2.19. The van der Waals surface area contributed by atoms with E-state index in [0.717, 1.165) is 18.2 Å². The number of rotatable bonds is 6. The zero-order chi connectivity index (χ0) is 20.6. The number of para-hydroxylation sites is 2. The Labute approximate surface area is 168 Å². The highest BCUT2D eigenvalue weighted by molar-refractivity contribution is 6.44. The molecule has 0 unspecified atom stereocenters. The third-order valence-corrected chi connectivity index (χ3v) is 4.21. The van der Waals surface area contributed by atoms with Crippen LogP contribution in [-0.4, -0.2) is 29.4 Å². The van der Waals surface area contributed by atoms with Crippen molar-refractivity contribution in [2.75, 3.05) is 17.2 Å². The number of carbonyl (C=O) groups is 3. The molecule has 0 aliphatic carbocycles. The Morgan fingerprint density at radius 1 is 0.897 bits per heavy atom. The minimum absolute atomic E-state index is 0.191. The van der Waals surface area contributed by atoms with Crippen molar-refractivity contribution >= 4 is 40.1 Å². The average Bonchev–Trinajstić information content (AvgIpc) is 2.74. The SMILES string of the molecule is CCCCOC(=O)c1ccccc1NC(=O)C(=O)Nc1cccc2cccnc12. The summed E-state index contributed by atoms with van der Waals surface area (Å²) in [7, 11) is 0. The van der Waals surface area contributed by atoms with E-state index < -0.39 is 17.8 Å². The molecule has 2 N–H and O–H groups in total. The summed E-state index contributed by atoms with van der Waals surface area (Å²) in [4.78, 5) is 41.3. The molecule has 7 nitrogen and oxygen atoms in total. The number of fused-ring (bicyclic) bond motifs is 1. The summed E-state index contributed by atoms with van der Waals surface area (Å²) in [6, 6.07) is 15.3. The van der Waals surface area contributed by atoms with Gasteiger partial charge in [-0.3, -0.25) is 14.6 Å². The molecule has 0 aliphatic heterocycles. The van der Waals surface area contributed by atoms with E-state index in [2.05, 4.69) is 15.6 Å². The van der Waals surface area contributed by atoms with Gasteiger partial charge in [-0.05, 0) is 30.7 Å². The lowest BCUT2D eigenvalue weighted by atomic mass is 10.1. The Balaban J connectivity index is 1.72. The van der Waals surface area contributed by atoms with Gasteiger partial charge >= 0.3 is 17.8 Å².